The number of amides is 3. The van der Waals surface area contributed by atoms with Gasteiger partial charge in [-0.1, -0.05) is 30.0 Å². The van der Waals surface area contributed by atoms with E-state index in [1.165, 1.54) is 11.8 Å². The van der Waals surface area contributed by atoms with Gasteiger partial charge in [0.1, 0.15) is 0 Å². The lowest BCUT2D eigenvalue weighted by Crippen LogP contribution is -2.42. The number of anilines is 1. The van der Waals surface area contributed by atoms with Gasteiger partial charge >= 0.3 is 0 Å². The van der Waals surface area contributed by atoms with Gasteiger partial charge in [0.2, 0.25) is 17.0 Å². The Morgan fingerprint density at radius 2 is 2.03 bits per heavy atom. The molecule has 0 aliphatic carbocycles. The molecule has 164 valence electrons. The standard InChI is InChI=1S/C20H19N7O3S2/c1-11-5-3-4-6-15(11)27-20(24-25-26-27)31-10-17(28)22-23-19(30)13-7-8-16-14(9-13)21-18(29)12(2)32-16/h3-9,12H,10H2,1-2H3,(H,21,29)(H,22,28)(H,23,30)/t12-/m0/s1. The highest BCUT2D eigenvalue weighted by Gasteiger charge is 2.24. The van der Waals surface area contributed by atoms with Crippen LogP contribution in [0.4, 0.5) is 5.69 Å². The van der Waals surface area contributed by atoms with Gasteiger partial charge in [-0.3, -0.25) is 25.2 Å². The first-order chi connectivity index (χ1) is 15.4. The molecule has 3 amide bonds. The van der Waals surface area contributed by atoms with Crippen LogP contribution < -0.4 is 16.2 Å². The molecule has 12 heteroatoms. The summed E-state index contributed by atoms with van der Waals surface area (Å²) in [6.07, 6.45) is 0. The molecule has 2 aromatic carbocycles. The van der Waals surface area contributed by atoms with Crippen molar-refractivity contribution >= 4 is 46.9 Å². The second-order valence-electron chi connectivity index (χ2n) is 6.91. The third-order valence-corrected chi connectivity index (χ3v) is 6.70. The summed E-state index contributed by atoms with van der Waals surface area (Å²) < 4.78 is 1.56. The number of hydrazine groups is 1. The van der Waals surface area contributed by atoms with Crippen LogP contribution in [0.15, 0.2) is 52.5 Å². The first-order valence-electron chi connectivity index (χ1n) is 9.60. The van der Waals surface area contributed by atoms with E-state index in [9.17, 15) is 14.4 Å². The Bertz CT molecular complexity index is 1200. The summed E-state index contributed by atoms with van der Waals surface area (Å²) in [5, 5.41) is 14.7. The van der Waals surface area contributed by atoms with Crippen molar-refractivity contribution in [3.05, 3.63) is 53.6 Å². The fourth-order valence-corrected chi connectivity index (χ4v) is 4.55. The van der Waals surface area contributed by atoms with E-state index in [2.05, 4.69) is 31.7 Å². The number of hydrogen-bond acceptors (Lipinski definition) is 8. The van der Waals surface area contributed by atoms with Gasteiger partial charge in [-0.05, 0) is 54.1 Å². The number of benzene rings is 2. The Hall–Kier alpha value is -3.38. The Kier molecular flexibility index (Phi) is 6.42. The SMILES string of the molecule is Cc1ccccc1-n1nnnc1SCC(=O)NNC(=O)c1ccc2c(c1)NC(=O)[C@H](C)S2. The fourth-order valence-electron chi connectivity index (χ4n) is 2.94. The number of thioether (sulfide) groups is 2. The highest BCUT2D eigenvalue weighted by molar-refractivity contribution is 8.01. The van der Waals surface area contributed by atoms with Gasteiger partial charge in [0, 0.05) is 10.5 Å². The third kappa shape index (κ3) is 4.75. The minimum atomic E-state index is -0.492. The Morgan fingerprint density at radius 1 is 1.22 bits per heavy atom. The molecule has 0 saturated heterocycles. The lowest BCUT2D eigenvalue weighted by Gasteiger charge is -2.21. The highest BCUT2D eigenvalue weighted by atomic mass is 32.2. The summed E-state index contributed by atoms with van der Waals surface area (Å²) in [7, 11) is 0. The van der Waals surface area contributed by atoms with E-state index < -0.39 is 11.8 Å². The van der Waals surface area contributed by atoms with Gasteiger partial charge < -0.3 is 5.32 Å². The molecule has 0 spiro atoms. The van der Waals surface area contributed by atoms with Crippen LogP contribution in [0.2, 0.25) is 0 Å². The van der Waals surface area contributed by atoms with Crippen LogP contribution >= 0.6 is 23.5 Å². The summed E-state index contributed by atoms with van der Waals surface area (Å²) in [5.41, 5.74) is 7.47. The number of carbonyl (C=O) groups is 3. The third-order valence-electron chi connectivity index (χ3n) is 4.60. The first kappa shape index (κ1) is 21.8. The van der Waals surface area contributed by atoms with Crippen molar-refractivity contribution in [3.8, 4) is 5.69 Å². The Balaban J connectivity index is 1.32. The predicted octanol–water partition coefficient (Wildman–Crippen LogP) is 1.96. The number of rotatable bonds is 5. The van der Waals surface area contributed by atoms with Crippen molar-refractivity contribution in [1.29, 1.82) is 0 Å². The Labute approximate surface area is 191 Å². The summed E-state index contributed by atoms with van der Waals surface area (Å²) in [4.78, 5) is 37.4. The minimum Gasteiger partial charge on any atom is -0.324 e. The predicted molar refractivity (Wildman–Crippen MR) is 121 cm³/mol. The number of fused-ring (bicyclic) bond motifs is 1. The maximum Gasteiger partial charge on any atom is 0.269 e. The zero-order valence-corrected chi connectivity index (χ0v) is 18.8. The lowest BCUT2D eigenvalue weighted by atomic mass is 10.2. The molecular formula is C20H19N7O3S2. The van der Waals surface area contributed by atoms with Crippen LogP contribution in [0, 0.1) is 6.92 Å². The van der Waals surface area contributed by atoms with E-state index in [0.29, 0.717) is 16.4 Å². The van der Waals surface area contributed by atoms with Gasteiger partial charge in [-0.25, -0.2) is 0 Å². The Morgan fingerprint density at radius 3 is 2.84 bits per heavy atom. The lowest BCUT2D eigenvalue weighted by molar-refractivity contribution is -0.119. The maximum absolute atomic E-state index is 12.4. The monoisotopic (exact) mass is 469 g/mol. The molecule has 1 aliphatic rings. The van der Waals surface area contributed by atoms with Crippen molar-refractivity contribution in [1.82, 2.24) is 31.1 Å². The molecule has 2 heterocycles. The number of nitrogens with one attached hydrogen (secondary N) is 3. The van der Waals surface area contributed by atoms with Crippen LogP contribution in [0.1, 0.15) is 22.8 Å². The molecule has 10 nitrogen and oxygen atoms in total. The molecular weight excluding hydrogens is 450 g/mol. The van der Waals surface area contributed by atoms with Crippen molar-refractivity contribution in [2.24, 2.45) is 0 Å². The summed E-state index contributed by atoms with van der Waals surface area (Å²) in [6.45, 7) is 3.76. The molecule has 1 atom stereocenters. The van der Waals surface area contributed by atoms with E-state index in [1.54, 1.807) is 22.9 Å². The largest absolute Gasteiger partial charge is 0.324 e. The number of carbonyl (C=O) groups excluding carboxylic acids is 3. The second kappa shape index (κ2) is 9.40. The maximum atomic E-state index is 12.4. The number of aryl methyl sites for hydroxylation is 1. The highest BCUT2D eigenvalue weighted by Crippen LogP contribution is 2.35. The van der Waals surface area contributed by atoms with Gasteiger partial charge in [-0.15, -0.1) is 16.9 Å². The number of nitrogens with zero attached hydrogens (tertiary/aromatic N) is 4. The number of hydrogen-bond donors (Lipinski definition) is 3. The smallest absolute Gasteiger partial charge is 0.269 e. The molecule has 1 aliphatic heterocycles. The first-order valence-corrected chi connectivity index (χ1v) is 11.5. The van der Waals surface area contributed by atoms with Crippen LogP contribution in [0.5, 0.6) is 0 Å². The van der Waals surface area contributed by atoms with Gasteiger partial charge in [0.05, 0.1) is 22.4 Å². The molecule has 0 saturated carbocycles. The molecule has 0 radical (unpaired) electrons. The molecule has 3 N–H and O–H groups in total. The zero-order valence-electron chi connectivity index (χ0n) is 17.2. The van der Waals surface area contributed by atoms with Crippen molar-refractivity contribution in [2.45, 2.75) is 29.1 Å². The van der Waals surface area contributed by atoms with Crippen LogP contribution in [0.25, 0.3) is 5.69 Å². The quantitative estimate of drug-likeness (QED) is 0.382. The van der Waals surface area contributed by atoms with E-state index in [0.717, 1.165) is 27.9 Å². The van der Waals surface area contributed by atoms with Gasteiger partial charge in [0.15, 0.2) is 0 Å². The average Bonchev–Trinajstić information content (AvgIpc) is 3.25. The van der Waals surface area contributed by atoms with Crippen LogP contribution in [-0.4, -0.2) is 48.9 Å². The number of para-hydroxylation sites is 1. The molecule has 1 aromatic heterocycles. The van der Waals surface area contributed by atoms with E-state index in [1.807, 2.05) is 38.1 Å². The van der Waals surface area contributed by atoms with Crippen LogP contribution in [0.3, 0.4) is 0 Å². The molecule has 0 unspecified atom stereocenters. The second-order valence-corrected chi connectivity index (χ2v) is 9.24. The van der Waals surface area contributed by atoms with Crippen molar-refractivity contribution < 1.29 is 14.4 Å². The van der Waals surface area contributed by atoms with E-state index >= 15 is 0 Å². The summed E-state index contributed by atoms with van der Waals surface area (Å²) in [6, 6.07) is 12.6. The molecule has 0 bridgehead atoms. The van der Waals surface area contributed by atoms with Crippen molar-refractivity contribution in [3.63, 3.8) is 0 Å². The average molecular weight is 470 g/mol. The molecule has 0 fully saturated rings. The van der Waals surface area contributed by atoms with E-state index in [4.69, 9.17) is 0 Å². The molecule has 3 aromatic rings. The van der Waals surface area contributed by atoms with Crippen molar-refractivity contribution in [2.75, 3.05) is 11.1 Å². The van der Waals surface area contributed by atoms with Gasteiger partial charge in [-0.2, -0.15) is 4.68 Å². The number of tetrazole rings is 1. The zero-order chi connectivity index (χ0) is 22.7. The van der Waals surface area contributed by atoms with Crippen LogP contribution in [-0.2, 0) is 9.59 Å². The summed E-state index contributed by atoms with van der Waals surface area (Å²) in [5.74, 6) is -1.02. The number of aromatic nitrogens is 4. The molecule has 4 rings (SSSR count). The topological polar surface area (TPSA) is 131 Å². The molecule has 32 heavy (non-hydrogen) atoms. The van der Waals surface area contributed by atoms with Gasteiger partial charge in [0.25, 0.3) is 5.91 Å². The fraction of sp³-hybridized carbons (Fsp3) is 0.200. The van der Waals surface area contributed by atoms with E-state index in [-0.39, 0.29) is 16.9 Å². The summed E-state index contributed by atoms with van der Waals surface area (Å²) >= 11 is 2.57. The normalized spacial score (nSPS) is 14.9. The minimum absolute atomic E-state index is 0.00130.